The van der Waals surface area contributed by atoms with Crippen molar-refractivity contribution in [2.75, 3.05) is 11.9 Å². The Morgan fingerprint density at radius 3 is 2.62 bits per heavy atom. The second-order valence-corrected chi connectivity index (χ2v) is 9.97. The number of rotatable bonds is 8. The van der Waals surface area contributed by atoms with Crippen LogP contribution < -0.4 is 10.1 Å². The second-order valence-electron chi connectivity index (χ2n) is 8.64. The quantitative estimate of drug-likeness (QED) is 0.125. The van der Waals surface area contributed by atoms with Gasteiger partial charge in [0.1, 0.15) is 22.9 Å². The number of halogens is 3. The van der Waals surface area contributed by atoms with Gasteiger partial charge in [0.2, 0.25) is 0 Å². The average molecular weight is 655 g/mol. The van der Waals surface area contributed by atoms with E-state index >= 15 is 0 Å². The molecule has 0 aliphatic rings. The first kappa shape index (κ1) is 30.3. The molecule has 2 heterocycles. The van der Waals surface area contributed by atoms with E-state index in [4.69, 9.17) is 21.4 Å². The lowest BCUT2D eigenvalue weighted by molar-refractivity contribution is -0.385. The largest absolute Gasteiger partial charge is 0.494 e. The van der Waals surface area contributed by atoms with Crippen molar-refractivity contribution in [2.45, 2.75) is 13.3 Å². The monoisotopic (exact) mass is 653 g/mol. The van der Waals surface area contributed by atoms with Crippen LogP contribution in [0.3, 0.4) is 0 Å². The van der Waals surface area contributed by atoms with Crippen molar-refractivity contribution in [3.63, 3.8) is 0 Å². The van der Waals surface area contributed by atoms with Gasteiger partial charge < -0.3 is 15.2 Å². The van der Waals surface area contributed by atoms with Gasteiger partial charge >= 0.3 is 5.97 Å². The first-order chi connectivity index (χ1) is 20.2. The molecule has 0 spiro atoms. The van der Waals surface area contributed by atoms with Crippen LogP contribution in [0.5, 0.6) is 5.75 Å². The minimum atomic E-state index is -1.34. The average Bonchev–Trinajstić information content (AvgIpc) is 2.98. The fourth-order valence-electron chi connectivity index (χ4n) is 3.69. The molecule has 13 heteroatoms. The third kappa shape index (κ3) is 7.53. The van der Waals surface area contributed by atoms with Crippen LogP contribution in [0.15, 0.2) is 83.6 Å². The summed E-state index contributed by atoms with van der Waals surface area (Å²) < 4.78 is 19.5. The van der Waals surface area contributed by atoms with Crippen molar-refractivity contribution in [3.8, 4) is 17.1 Å². The summed E-state index contributed by atoms with van der Waals surface area (Å²) in [6.45, 7) is 2.35. The summed E-state index contributed by atoms with van der Waals surface area (Å²) in [4.78, 5) is 34.0. The van der Waals surface area contributed by atoms with Crippen molar-refractivity contribution in [3.05, 3.63) is 110 Å². The van der Waals surface area contributed by atoms with Crippen molar-refractivity contribution in [2.24, 2.45) is 0 Å². The Morgan fingerprint density at radius 2 is 1.95 bits per heavy atom. The molecule has 0 radical (unpaired) electrons. The first-order valence-corrected chi connectivity index (χ1v) is 13.6. The number of carbonyl (C=O) groups is 1. The molecule has 0 saturated heterocycles. The lowest BCUT2D eigenvalue weighted by Crippen LogP contribution is -2.04. The van der Waals surface area contributed by atoms with E-state index in [2.05, 4.69) is 36.2 Å². The Labute approximate surface area is 252 Å². The van der Waals surface area contributed by atoms with E-state index < -0.39 is 22.4 Å². The molecular formula is C29H22BrClFN5O5. The molecule has 0 fully saturated rings. The fourth-order valence-corrected chi connectivity index (χ4v) is 4.22. The number of anilines is 2. The maximum atomic E-state index is 13.4. The molecule has 0 aliphatic carbocycles. The van der Waals surface area contributed by atoms with E-state index in [1.165, 1.54) is 18.2 Å². The normalized spacial score (nSPS) is 10.5. The Balaban J connectivity index is 0.000000219. The molecule has 0 atom stereocenters. The van der Waals surface area contributed by atoms with Crippen LogP contribution in [0.2, 0.25) is 5.02 Å². The number of aromatic carboxylic acids is 1. The number of hydrogen-bond acceptors (Lipinski definition) is 8. The number of hydrogen-bond donors (Lipinski definition) is 2. The molecule has 2 N–H and O–H groups in total. The van der Waals surface area contributed by atoms with E-state index in [9.17, 15) is 19.3 Å². The Hall–Kier alpha value is -4.68. The topological polar surface area (TPSA) is 140 Å². The summed E-state index contributed by atoms with van der Waals surface area (Å²) in [5.41, 5.74) is 1.41. The van der Waals surface area contributed by atoms with E-state index in [0.29, 0.717) is 29.7 Å². The Morgan fingerprint density at radius 1 is 1.14 bits per heavy atom. The maximum absolute atomic E-state index is 13.4. The van der Waals surface area contributed by atoms with Crippen LogP contribution in [0.25, 0.3) is 22.3 Å². The Kier molecular flexibility index (Phi) is 9.94. The molecule has 42 heavy (non-hydrogen) atoms. The number of carboxylic acid groups (broad SMARTS) is 1. The number of carboxylic acids is 1. The van der Waals surface area contributed by atoms with E-state index in [1.54, 1.807) is 18.5 Å². The zero-order valence-corrected chi connectivity index (χ0v) is 24.3. The predicted molar refractivity (Wildman–Crippen MR) is 161 cm³/mol. The van der Waals surface area contributed by atoms with E-state index in [1.807, 2.05) is 37.3 Å². The fraction of sp³-hybridized carbons (Fsp3) is 0.103. The number of nitrogens with zero attached hydrogens (tertiary/aromatic N) is 4. The maximum Gasteiger partial charge on any atom is 0.342 e. The lowest BCUT2D eigenvalue weighted by Gasteiger charge is -2.12. The predicted octanol–water partition coefficient (Wildman–Crippen LogP) is 8.07. The van der Waals surface area contributed by atoms with Gasteiger partial charge in [0.15, 0.2) is 5.82 Å². The third-order valence-electron chi connectivity index (χ3n) is 5.63. The molecule has 0 unspecified atom stereocenters. The number of pyridine rings is 1. The van der Waals surface area contributed by atoms with Gasteiger partial charge in [-0.05, 0) is 61.0 Å². The van der Waals surface area contributed by atoms with Crippen LogP contribution >= 0.6 is 27.5 Å². The van der Waals surface area contributed by atoms with Crippen molar-refractivity contribution >= 4 is 61.6 Å². The summed E-state index contributed by atoms with van der Waals surface area (Å²) in [6, 6.07) is 17.6. The SMILES string of the molecule is CCCOc1ccc([N+](=O)[O-])c(C(=O)O)c1.Fc1ccc(Nc2nc(-c3cccnc3)nc3cc(Br)ccc23)cc1Cl. The Bertz CT molecular complexity index is 1760. The number of fused-ring (bicyclic) bond motifs is 1. The zero-order valence-electron chi connectivity index (χ0n) is 21.9. The van der Waals surface area contributed by atoms with Gasteiger partial charge in [0.25, 0.3) is 5.69 Å². The number of ether oxygens (including phenoxy) is 1. The van der Waals surface area contributed by atoms with Gasteiger partial charge in [-0.1, -0.05) is 34.5 Å². The standard InChI is InChI=1S/C19H11BrClFN4.C10H11NO5/c20-12-3-5-14-17(8-12)25-18(11-2-1-7-23-10-11)26-19(14)24-13-4-6-16(22)15(21)9-13;1-2-5-16-7-3-4-9(11(14)15)8(6-7)10(12)13/h1-10H,(H,24,25,26);3-4,6H,2,5H2,1H3,(H,12,13). The summed E-state index contributed by atoms with van der Waals surface area (Å²) in [7, 11) is 0. The van der Waals surface area contributed by atoms with Crippen molar-refractivity contribution < 1.29 is 24.0 Å². The van der Waals surface area contributed by atoms with Gasteiger partial charge in [0.05, 0.1) is 22.1 Å². The number of nitro benzene ring substituents is 1. The number of nitro groups is 1. The summed E-state index contributed by atoms with van der Waals surface area (Å²) >= 11 is 9.35. The molecule has 0 saturated carbocycles. The van der Waals surface area contributed by atoms with Gasteiger partial charge in [0, 0.05) is 45.6 Å². The first-order valence-electron chi connectivity index (χ1n) is 12.4. The molecule has 5 aromatic rings. The van der Waals surface area contributed by atoms with E-state index in [0.717, 1.165) is 39.5 Å². The molecule has 3 aromatic carbocycles. The van der Waals surface area contributed by atoms with Gasteiger partial charge in [-0.2, -0.15) is 0 Å². The summed E-state index contributed by atoms with van der Waals surface area (Å²) in [6.07, 6.45) is 4.18. The molecular weight excluding hydrogens is 633 g/mol. The lowest BCUT2D eigenvalue weighted by atomic mass is 10.1. The smallest absolute Gasteiger partial charge is 0.342 e. The van der Waals surface area contributed by atoms with Crippen LogP contribution in [-0.4, -0.2) is 37.6 Å². The summed E-state index contributed by atoms with van der Waals surface area (Å²) in [5.74, 6) is -0.341. The van der Waals surface area contributed by atoms with Crippen LogP contribution in [0.1, 0.15) is 23.7 Å². The van der Waals surface area contributed by atoms with Crippen LogP contribution in [0.4, 0.5) is 21.6 Å². The highest BCUT2D eigenvalue weighted by Gasteiger charge is 2.20. The minimum absolute atomic E-state index is 0.0450. The zero-order chi connectivity index (χ0) is 30.2. The minimum Gasteiger partial charge on any atom is -0.494 e. The van der Waals surface area contributed by atoms with Crippen LogP contribution in [0, 0.1) is 15.9 Å². The molecule has 10 nitrogen and oxygen atoms in total. The highest BCUT2D eigenvalue weighted by atomic mass is 79.9. The third-order valence-corrected chi connectivity index (χ3v) is 6.41. The number of benzene rings is 3. The summed E-state index contributed by atoms with van der Waals surface area (Å²) in [5, 5.41) is 23.4. The van der Waals surface area contributed by atoms with Gasteiger partial charge in [-0.25, -0.2) is 19.2 Å². The van der Waals surface area contributed by atoms with Crippen molar-refractivity contribution in [1.82, 2.24) is 15.0 Å². The molecule has 0 bridgehead atoms. The molecule has 0 aliphatic heterocycles. The highest BCUT2D eigenvalue weighted by molar-refractivity contribution is 9.10. The van der Waals surface area contributed by atoms with E-state index in [-0.39, 0.29) is 10.6 Å². The highest BCUT2D eigenvalue weighted by Crippen LogP contribution is 2.30. The molecule has 2 aromatic heterocycles. The number of nitrogens with one attached hydrogen (secondary N) is 1. The van der Waals surface area contributed by atoms with Gasteiger partial charge in [-0.15, -0.1) is 0 Å². The molecule has 0 amide bonds. The second kappa shape index (κ2) is 13.8. The molecule has 214 valence electrons. The number of aromatic nitrogens is 3. The molecule has 5 rings (SSSR count). The van der Waals surface area contributed by atoms with Gasteiger partial charge in [-0.3, -0.25) is 15.1 Å². The van der Waals surface area contributed by atoms with Crippen molar-refractivity contribution in [1.29, 1.82) is 0 Å². The van der Waals surface area contributed by atoms with Crippen LogP contribution in [-0.2, 0) is 0 Å².